The lowest BCUT2D eigenvalue weighted by atomic mass is 10.2. The van der Waals surface area contributed by atoms with Gasteiger partial charge in [-0.25, -0.2) is 13.1 Å². The van der Waals surface area contributed by atoms with Crippen LogP contribution in [0.1, 0.15) is 16.7 Å². The first kappa shape index (κ1) is 13.7. The minimum Gasteiger partial charge on any atom is -0.392 e. The number of aliphatic hydroxyl groups excluding tert-OH is 1. The minimum absolute atomic E-state index is 0.143. The molecule has 0 saturated carbocycles. The van der Waals surface area contributed by atoms with Gasteiger partial charge in [0.15, 0.2) is 0 Å². The number of aryl methyl sites for hydroxylation is 1. The zero-order valence-corrected chi connectivity index (χ0v) is 12.2. The first-order chi connectivity index (χ1) is 8.53. The molecule has 0 aliphatic rings. The molecule has 2 aromatic rings. The van der Waals surface area contributed by atoms with E-state index in [2.05, 4.69) is 4.72 Å². The number of thiophene rings is 2. The molecule has 0 unspecified atom stereocenters. The molecule has 18 heavy (non-hydrogen) atoms. The van der Waals surface area contributed by atoms with Crippen LogP contribution < -0.4 is 4.72 Å². The first-order valence-corrected chi connectivity index (χ1v) is 8.53. The molecule has 0 amide bonds. The Morgan fingerprint density at radius 2 is 2.11 bits per heavy atom. The van der Waals surface area contributed by atoms with Gasteiger partial charge in [0.25, 0.3) is 0 Å². The maximum Gasteiger partial charge on any atom is 0.250 e. The smallest absolute Gasteiger partial charge is 0.250 e. The van der Waals surface area contributed by atoms with Crippen molar-refractivity contribution in [2.75, 3.05) is 0 Å². The Balaban J connectivity index is 2.10. The van der Waals surface area contributed by atoms with E-state index in [1.54, 1.807) is 16.7 Å². The lowest BCUT2D eigenvalue weighted by Gasteiger charge is -2.04. The summed E-state index contributed by atoms with van der Waals surface area (Å²) in [6, 6.07) is 1.49. The maximum absolute atomic E-state index is 12.0. The summed E-state index contributed by atoms with van der Waals surface area (Å²) in [4.78, 5) is 0. The number of aliphatic hydroxyl groups is 1. The van der Waals surface area contributed by atoms with Gasteiger partial charge >= 0.3 is 0 Å². The van der Waals surface area contributed by atoms with Crippen LogP contribution in [0.4, 0.5) is 0 Å². The highest BCUT2D eigenvalue weighted by molar-refractivity contribution is 7.91. The van der Waals surface area contributed by atoms with Crippen molar-refractivity contribution in [3.8, 4) is 0 Å². The summed E-state index contributed by atoms with van der Waals surface area (Å²) in [5.74, 6) is 0. The molecule has 0 spiro atoms. The van der Waals surface area contributed by atoms with Gasteiger partial charge in [-0.1, -0.05) is 0 Å². The van der Waals surface area contributed by atoms with Crippen LogP contribution in [-0.2, 0) is 23.2 Å². The highest BCUT2D eigenvalue weighted by Gasteiger charge is 2.16. The fraction of sp³-hybridized carbons (Fsp3) is 0.273. The van der Waals surface area contributed by atoms with E-state index < -0.39 is 10.0 Å². The van der Waals surface area contributed by atoms with Crippen molar-refractivity contribution < 1.29 is 13.5 Å². The molecule has 0 aliphatic carbocycles. The second-order valence-corrected chi connectivity index (χ2v) is 7.49. The summed E-state index contributed by atoms with van der Waals surface area (Å²) in [5.41, 5.74) is 2.69. The molecule has 0 saturated heterocycles. The molecule has 4 nitrogen and oxygen atoms in total. The molecule has 2 N–H and O–H groups in total. The summed E-state index contributed by atoms with van der Waals surface area (Å²) in [7, 11) is -3.48. The van der Waals surface area contributed by atoms with Gasteiger partial charge in [-0.05, 0) is 45.8 Å². The van der Waals surface area contributed by atoms with Crippen LogP contribution in [0.15, 0.2) is 26.4 Å². The third kappa shape index (κ3) is 2.99. The molecule has 2 heterocycles. The molecule has 0 bridgehead atoms. The van der Waals surface area contributed by atoms with E-state index in [1.807, 2.05) is 17.7 Å². The average molecular weight is 303 g/mol. The minimum atomic E-state index is -3.48. The molecule has 0 fully saturated rings. The second kappa shape index (κ2) is 5.50. The Morgan fingerprint density at radius 1 is 1.33 bits per heavy atom. The van der Waals surface area contributed by atoms with Gasteiger partial charge in [0.05, 0.1) is 6.61 Å². The van der Waals surface area contributed by atoms with Gasteiger partial charge < -0.3 is 5.11 Å². The van der Waals surface area contributed by atoms with Gasteiger partial charge in [-0.3, -0.25) is 0 Å². The van der Waals surface area contributed by atoms with E-state index in [-0.39, 0.29) is 10.8 Å². The maximum atomic E-state index is 12.0. The third-order valence-electron chi connectivity index (χ3n) is 2.49. The lowest BCUT2D eigenvalue weighted by Crippen LogP contribution is -2.22. The van der Waals surface area contributed by atoms with Crippen LogP contribution in [0.3, 0.4) is 0 Å². The standard InChI is InChI=1S/C11H13NO3S3/c1-8-5-16-7-10(8)3-12-18(14,15)11-2-9(4-13)6-17-11/h2,5-7,12-13H,3-4H2,1H3. The van der Waals surface area contributed by atoms with Gasteiger partial charge in [-0.2, -0.15) is 11.3 Å². The predicted octanol–water partition coefficient (Wildman–Crippen LogP) is 2.09. The Kier molecular flexibility index (Phi) is 4.18. The Bertz CT molecular complexity index is 628. The zero-order valence-electron chi connectivity index (χ0n) is 9.71. The van der Waals surface area contributed by atoms with Gasteiger partial charge in [0.1, 0.15) is 4.21 Å². The van der Waals surface area contributed by atoms with Crippen molar-refractivity contribution in [1.82, 2.24) is 4.72 Å². The van der Waals surface area contributed by atoms with Crippen LogP contribution >= 0.6 is 22.7 Å². The summed E-state index contributed by atoms with van der Waals surface area (Å²) < 4.78 is 26.8. The van der Waals surface area contributed by atoms with E-state index in [0.29, 0.717) is 12.1 Å². The summed E-state index contributed by atoms with van der Waals surface area (Å²) in [6.07, 6.45) is 0. The molecular weight excluding hydrogens is 290 g/mol. The molecule has 0 radical (unpaired) electrons. The molecule has 2 rings (SSSR count). The van der Waals surface area contributed by atoms with Crippen LogP contribution in [0.25, 0.3) is 0 Å². The van der Waals surface area contributed by atoms with Crippen LogP contribution in [0, 0.1) is 6.92 Å². The monoisotopic (exact) mass is 303 g/mol. The summed E-state index contributed by atoms with van der Waals surface area (Å²) in [6.45, 7) is 2.11. The van der Waals surface area contributed by atoms with E-state index >= 15 is 0 Å². The first-order valence-electron chi connectivity index (χ1n) is 5.22. The van der Waals surface area contributed by atoms with Crippen molar-refractivity contribution in [2.45, 2.75) is 24.3 Å². The van der Waals surface area contributed by atoms with Crippen molar-refractivity contribution in [3.63, 3.8) is 0 Å². The SMILES string of the molecule is Cc1cscc1CNS(=O)(=O)c1cc(CO)cs1. The molecule has 0 aliphatic heterocycles. The summed E-state index contributed by atoms with van der Waals surface area (Å²) >= 11 is 2.67. The van der Waals surface area contributed by atoms with E-state index in [9.17, 15) is 8.42 Å². The van der Waals surface area contributed by atoms with Gasteiger partial charge in [-0.15, -0.1) is 11.3 Å². The van der Waals surface area contributed by atoms with E-state index in [4.69, 9.17) is 5.11 Å². The Hall–Kier alpha value is -0.730. The molecule has 0 atom stereocenters. The fourth-order valence-electron chi connectivity index (χ4n) is 1.39. The number of hydrogen-bond donors (Lipinski definition) is 2. The van der Waals surface area contributed by atoms with Gasteiger partial charge in [0, 0.05) is 6.54 Å². The highest BCUT2D eigenvalue weighted by Crippen LogP contribution is 2.21. The summed E-state index contributed by atoms with van der Waals surface area (Å²) in [5, 5.41) is 14.5. The fourth-order valence-corrected chi connectivity index (χ4v) is 4.50. The number of sulfonamides is 1. The topological polar surface area (TPSA) is 66.4 Å². The normalized spacial score (nSPS) is 11.9. The Morgan fingerprint density at radius 3 is 2.67 bits per heavy atom. The average Bonchev–Trinajstić information content (AvgIpc) is 2.95. The molecule has 2 aromatic heterocycles. The van der Waals surface area contributed by atoms with Crippen LogP contribution in [0.2, 0.25) is 0 Å². The number of rotatable bonds is 5. The predicted molar refractivity (Wildman–Crippen MR) is 73.3 cm³/mol. The van der Waals surface area contributed by atoms with Crippen molar-refractivity contribution >= 4 is 32.7 Å². The largest absolute Gasteiger partial charge is 0.392 e. The lowest BCUT2D eigenvalue weighted by molar-refractivity contribution is 0.282. The van der Waals surface area contributed by atoms with E-state index in [1.165, 1.54) is 6.07 Å². The Labute approximate surface area is 114 Å². The van der Waals surface area contributed by atoms with Gasteiger partial charge in [0.2, 0.25) is 10.0 Å². The van der Waals surface area contributed by atoms with E-state index in [0.717, 1.165) is 22.5 Å². The van der Waals surface area contributed by atoms with Crippen LogP contribution in [-0.4, -0.2) is 13.5 Å². The quantitative estimate of drug-likeness (QED) is 0.889. The molecular formula is C11H13NO3S3. The molecule has 98 valence electrons. The zero-order chi connectivity index (χ0) is 13.2. The number of hydrogen-bond acceptors (Lipinski definition) is 5. The number of nitrogens with one attached hydrogen (secondary N) is 1. The van der Waals surface area contributed by atoms with Crippen molar-refractivity contribution in [3.05, 3.63) is 38.9 Å². The van der Waals surface area contributed by atoms with Crippen molar-refractivity contribution in [1.29, 1.82) is 0 Å². The third-order valence-corrected chi connectivity index (χ3v) is 6.29. The second-order valence-electron chi connectivity index (χ2n) is 3.84. The van der Waals surface area contributed by atoms with Crippen molar-refractivity contribution in [2.24, 2.45) is 0 Å². The van der Waals surface area contributed by atoms with Crippen LogP contribution in [0.5, 0.6) is 0 Å². The molecule has 7 heteroatoms. The highest BCUT2D eigenvalue weighted by atomic mass is 32.2. The molecule has 0 aromatic carbocycles.